The Labute approximate surface area is 128 Å². The fourth-order valence-electron chi connectivity index (χ4n) is 1.70. The van der Waals surface area contributed by atoms with Crippen LogP contribution in [-0.2, 0) is 0 Å². The molecular weight excluding hydrogens is 286 g/mol. The van der Waals surface area contributed by atoms with Gasteiger partial charge in [0.05, 0.1) is 11.9 Å². The molecule has 5 heteroatoms. The van der Waals surface area contributed by atoms with Crippen molar-refractivity contribution in [3.63, 3.8) is 0 Å². The first-order valence-corrected chi connectivity index (χ1v) is 7.78. The number of hydrogen-bond acceptors (Lipinski definition) is 3. The molecule has 20 heavy (non-hydrogen) atoms. The van der Waals surface area contributed by atoms with Gasteiger partial charge >= 0.3 is 0 Å². The summed E-state index contributed by atoms with van der Waals surface area (Å²) in [4.78, 5) is 5.62. The van der Waals surface area contributed by atoms with Crippen molar-refractivity contribution in [1.82, 2.24) is 10.3 Å². The Kier molecular flexibility index (Phi) is 4.18. The zero-order valence-corrected chi connectivity index (χ0v) is 12.5. The summed E-state index contributed by atoms with van der Waals surface area (Å²) in [6.45, 7) is 0. The highest BCUT2D eigenvalue weighted by atomic mass is 32.2. The molecule has 0 unspecified atom stereocenters. The first kappa shape index (κ1) is 13.4. The van der Waals surface area contributed by atoms with Gasteiger partial charge in [-0.2, -0.15) is 0 Å². The number of rotatable bonds is 4. The van der Waals surface area contributed by atoms with Crippen LogP contribution in [0, 0.1) is 0 Å². The van der Waals surface area contributed by atoms with E-state index in [0.29, 0.717) is 11.2 Å². The van der Waals surface area contributed by atoms with Crippen molar-refractivity contribution in [2.45, 2.75) is 28.8 Å². The molecule has 0 bridgehead atoms. The largest absolute Gasteiger partial charge is 0.360 e. The first-order chi connectivity index (χ1) is 9.79. The van der Waals surface area contributed by atoms with E-state index >= 15 is 0 Å². The molecule has 0 amide bonds. The highest BCUT2D eigenvalue weighted by Crippen LogP contribution is 2.26. The van der Waals surface area contributed by atoms with Crippen LogP contribution in [0.5, 0.6) is 0 Å². The molecule has 3 rings (SSSR count). The molecule has 0 radical (unpaired) electrons. The van der Waals surface area contributed by atoms with Crippen LogP contribution in [0.4, 0.5) is 5.69 Å². The molecule has 1 aliphatic carbocycles. The van der Waals surface area contributed by atoms with Crippen LogP contribution in [0.2, 0.25) is 0 Å². The zero-order valence-electron chi connectivity index (χ0n) is 10.9. The normalized spacial score (nSPS) is 13.8. The van der Waals surface area contributed by atoms with Gasteiger partial charge < -0.3 is 10.6 Å². The van der Waals surface area contributed by atoms with Crippen molar-refractivity contribution >= 4 is 34.8 Å². The third-order valence-electron chi connectivity index (χ3n) is 2.87. The number of nitrogens with zero attached hydrogens (tertiary/aromatic N) is 1. The summed E-state index contributed by atoms with van der Waals surface area (Å²) in [5, 5.41) is 8.05. The number of pyridine rings is 1. The summed E-state index contributed by atoms with van der Waals surface area (Å²) < 4.78 is 0. The van der Waals surface area contributed by atoms with Crippen molar-refractivity contribution in [3.05, 3.63) is 48.7 Å². The molecule has 102 valence electrons. The Balaban J connectivity index is 1.57. The van der Waals surface area contributed by atoms with E-state index < -0.39 is 0 Å². The van der Waals surface area contributed by atoms with Crippen LogP contribution in [0.1, 0.15) is 12.8 Å². The second-order valence-electron chi connectivity index (χ2n) is 4.67. The molecule has 0 saturated heterocycles. The number of thiocarbonyl (C=S) groups is 1. The lowest BCUT2D eigenvalue weighted by Gasteiger charge is -2.09. The van der Waals surface area contributed by atoms with Crippen LogP contribution in [-0.4, -0.2) is 16.1 Å². The van der Waals surface area contributed by atoms with Gasteiger partial charge in [-0.3, -0.25) is 0 Å². The SMILES string of the molecule is S=C(Nc1ccc(Sc2ccccc2)nc1)NC1CC1. The van der Waals surface area contributed by atoms with Gasteiger partial charge in [0.1, 0.15) is 5.03 Å². The average molecular weight is 301 g/mol. The van der Waals surface area contributed by atoms with E-state index in [-0.39, 0.29) is 0 Å². The van der Waals surface area contributed by atoms with E-state index in [1.807, 2.05) is 36.5 Å². The molecule has 1 aromatic heterocycles. The molecule has 1 fully saturated rings. The molecule has 2 aromatic rings. The molecule has 1 heterocycles. The van der Waals surface area contributed by atoms with Crippen molar-refractivity contribution in [3.8, 4) is 0 Å². The Morgan fingerprint density at radius 3 is 2.60 bits per heavy atom. The van der Waals surface area contributed by atoms with Crippen LogP contribution >= 0.6 is 24.0 Å². The van der Waals surface area contributed by atoms with E-state index in [1.54, 1.807) is 11.8 Å². The Hall–Kier alpha value is -1.59. The van der Waals surface area contributed by atoms with Gasteiger partial charge in [0.15, 0.2) is 5.11 Å². The maximum atomic E-state index is 5.23. The maximum Gasteiger partial charge on any atom is 0.171 e. The van der Waals surface area contributed by atoms with Gasteiger partial charge in [0.2, 0.25) is 0 Å². The smallest absolute Gasteiger partial charge is 0.171 e. The van der Waals surface area contributed by atoms with E-state index in [4.69, 9.17) is 12.2 Å². The van der Waals surface area contributed by atoms with Crippen LogP contribution in [0.25, 0.3) is 0 Å². The van der Waals surface area contributed by atoms with Crippen molar-refractivity contribution in [1.29, 1.82) is 0 Å². The lowest BCUT2D eigenvalue weighted by molar-refractivity contribution is 0.919. The lowest BCUT2D eigenvalue weighted by Crippen LogP contribution is -2.30. The minimum atomic E-state index is 0.566. The molecule has 0 aliphatic heterocycles. The highest BCUT2D eigenvalue weighted by molar-refractivity contribution is 7.99. The average Bonchev–Trinajstić information content (AvgIpc) is 3.26. The fraction of sp³-hybridized carbons (Fsp3) is 0.200. The Bertz CT molecular complexity index is 580. The quantitative estimate of drug-likeness (QED) is 0.843. The maximum absolute atomic E-state index is 5.23. The molecule has 1 aliphatic rings. The van der Waals surface area contributed by atoms with E-state index in [2.05, 4.69) is 27.8 Å². The molecule has 0 spiro atoms. The summed E-state index contributed by atoms with van der Waals surface area (Å²) in [7, 11) is 0. The fourth-order valence-corrected chi connectivity index (χ4v) is 2.76. The van der Waals surface area contributed by atoms with Gasteiger partial charge in [-0.05, 0) is 49.3 Å². The second-order valence-corrected chi connectivity index (χ2v) is 6.18. The van der Waals surface area contributed by atoms with Gasteiger partial charge in [-0.15, -0.1) is 0 Å². The van der Waals surface area contributed by atoms with E-state index in [1.165, 1.54) is 17.7 Å². The van der Waals surface area contributed by atoms with Crippen molar-refractivity contribution in [2.24, 2.45) is 0 Å². The Morgan fingerprint density at radius 2 is 1.95 bits per heavy atom. The molecule has 1 saturated carbocycles. The first-order valence-electron chi connectivity index (χ1n) is 6.56. The summed E-state index contributed by atoms with van der Waals surface area (Å²) >= 11 is 6.88. The molecule has 1 aromatic carbocycles. The summed E-state index contributed by atoms with van der Waals surface area (Å²) in [6, 6.07) is 14.8. The summed E-state index contributed by atoms with van der Waals surface area (Å²) in [6.07, 6.45) is 4.24. The highest BCUT2D eigenvalue weighted by Gasteiger charge is 2.21. The number of benzene rings is 1. The molecular formula is C15H15N3S2. The third kappa shape index (κ3) is 3.95. The topological polar surface area (TPSA) is 37.0 Å². The predicted molar refractivity (Wildman–Crippen MR) is 87.2 cm³/mol. The van der Waals surface area contributed by atoms with E-state index in [0.717, 1.165) is 10.7 Å². The predicted octanol–water partition coefficient (Wildman–Crippen LogP) is 3.68. The molecule has 2 N–H and O–H groups in total. The molecule has 0 atom stereocenters. The van der Waals surface area contributed by atoms with Gasteiger partial charge in [0, 0.05) is 10.9 Å². The van der Waals surface area contributed by atoms with Crippen molar-refractivity contribution < 1.29 is 0 Å². The van der Waals surface area contributed by atoms with E-state index in [9.17, 15) is 0 Å². The van der Waals surface area contributed by atoms with Crippen molar-refractivity contribution in [2.75, 3.05) is 5.32 Å². The third-order valence-corrected chi connectivity index (χ3v) is 4.05. The second kappa shape index (κ2) is 6.24. The summed E-state index contributed by atoms with van der Waals surface area (Å²) in [5.41, 5.74) is 0.917. The number of anilines is 1. The standard InChI is InChI=1S/C15H15N3S2/c19-15(17-11-6-7-11)18-12-8-9-14(16-10-12)20-13-4-2-1-3-5-13/h1-5,8-11H,6-7H2,(H2,17,18,19). The van der Waals surface area contributed by atoms with Gasteiger partial charge in [0.25, 0.3) is 0 Å². The summed E-state index contributed by atoms with van der Waals surface area (Å²) in [5.74, 6) is 0. The molecule has 3 nitrogen and oxygen atoms in total. The Morgan fingerprint density at radius 1 is 1.15 bits per heavy atom. The van der Waals surface area contributed by atoms with Crippen LogP contribution < -0.4 is 10.6 Å². The monoisotopic (exact) mass is 301 g/mol. The zero-order chi connectivity index (χ0) is 13.8. The minimum absolute atomic E-state index is 0.566. The number of hydrogen-bond donors (Lipinski definition) is 2. The number of nitrogens with one attached hydrogen (secondary N) is 2. The lowest BCUT2D eigenvalue weighted by atomic mass is 10.4. The van der Waals surface area contributed by atoms with Crippen LogP contribution in [0.3, 0.4) is 0 Å². The van der Waals surface area contributed by atoms with Gasteiger partial charge in [-0.1, -0.05) is 30.0 Å². The van der Waals surface area contributed by atoms with Gasteiger partial charge in [-0.25, -0.2) is 4.98 Å². The number of aromatic nitrogens is 1. The minimum Gasteiger partial charge on any atom is -0.360 e. The van der Waals surface area contributed by atoms with Crippen LogP contribution in [0.15, 0.2) is 58.6 Å².